The monoisotopic (exact) mass is 384 g/mol. The zero-order chi connectivity index (χ0) is 19.9. The van der Waals surface area contributed by atoms with Crippen LogP contribution in [0, 0.1) is 28.6 Å². The van der Waals surface area contributed by atoms with Crippen molar-refractivity contribution in [3.8, 4) is 0 Å². The molecule has 5 rings (SSSR count). The number of allylic oxidation sites excluding steroid dienone is 3. The van der Waals surface area contributed by atoms with Crippen LogP contribution in [0.3, 0.4) is 0 Å². The second kappa shape index (κ2) is 5.58. The van der Waals surface area contributed by atoms with Crippen LogP contribution < -0.4 is 0 Å². The number of carboxylic acid groups (broad SMARTS) is 1. The number of carbonyl (C=O) groups is 3. The van der Waals surface area contributed by atoms with Crippen LogP contribution >= 0.6 is 0 Å². The molecule has 1 N–H and O–H groups in total. The van der Waals surface area contributed by atoms with Gasteiger partial charge < -0.3 is 9.84 Å². The standard InChI is InChI=1S/C23H28O5/c1-21-7-3-14(24)11-13(21)12-15(20(26)27)19-16(21)4-8-22(2)17(19)5-9-23(22)10-6-18(25)28-23/h4,12,15,17,19H,3,5-11H2,1-2H3,(H,26,27)/t15-,17?,19?,21+,22+,23-/m1/s1. The molecule has 1 aliphatic heterocycles. The van der Waals surface area contributed by atoms with Crippen LogP contribution in [0.15, 0.2) is 23.3 Å². The highest BCUT2D eigenvalue weighted by atomic mass is 16.6. The molecule has 5 heteroatoms. The maximum Gasteiger partial charge on any atom is 0.310 e. The molecule has 5 nitrogen and oxygen atoms in total. The van der Waals surface area contributed by atoms with E-state index in [0.29, 0.717) is 19.3 Å². The van der Waals surface area contributed by atoms with Crippen molar-refractivity contribution in [3.05, 3.63) is 23.3 Å². The van der Waals surface area contributed by atoms with E-state index in [4.69, 9.17) is 4.74 Å². The highest BCUT2D eigenvalue weighted by Crippen LogP contribution is 2.68. The molecule has 150 valence electrons. The molecule has 5 aliphatic rings. The molecule has 0 amide bonds. The van der Waals surface area contributed by atoms with Crippen LogP contribution in [0.1, 0.15) is 65.2 Å². The fraction of sp³-hybridized carbons (Fsp3) is 0.696. The van der Waals surface area contributed by atoms with E-state index in [0.717, 1.165) is 37.7 Å². The average molecular weight is 384 g/mol. The summed E-state index contributed by atoms with van der Waals surface area (Å²) in [5, 5.41) is 10.1. The number of rotatable bonds is 1. The molecule has 0 aromatic heterocycles. The molecule has 6 atom stereocenters. The van der Waals surface area contributed by atoms with Gasteiger partial charge in [0.25, 0.3) is 0 Å². The molecule has 1 spiro atoms. The minimum Gasteiger partial charge on any atom is -0.481 e. The number of carbonyl (C=O) groups excluding carboxylic acids is 2. The Morgan fingerprint density at radius 1 is 1.18 bits per heavy atom. The average Bonchev–Trinajstić information content (AvgIpc) is 3.16. The maximum absolute atomic E-state index is 12.3. The van der Waals surface area contributed by atoms with Crippen molar-refractivity contribution < 1.29 is 24.2 Å². The van der Waals surface area contributed by atoms with Gasteiger partial charge in [-0.15, -0.1) is 0 Å². The smallest absolute Gasteiger partial charge is 0.310 e. The van der Waals surface area contributed by atoms with Gasteiger partial charge in [-0.2, -0.15) is 0 Å². The fourth-order valence-corrected chi connectivity index (χ4v) is 7.32. The zero-order valence-electron chi connectivity index (χ0n) is 16.6. The predicted octanol–water partition coefficient (Wildman–Crippen LogP) is 3.82. The summed E-state index contributed by atoms with van der Waals surface area (Å²) < 4.78 is 5.93. The molecule has 1 saturated heterocycles. The Balaban J connectivity index is 1.63. The number of fused-ring (bicyclic) bond motifs is 6. The molecule has 3 fully saturated rings. The lowest BCUT2D eigenvalue weighted by molar-refractivity contribution is -0.162. The first-order valence-electron chi connectivity index (χ1n) is 10.6. The normalized spacial score (nSPS) is 47.0. The second-order valence-electron chi connectivity index (χ2n) is 10.0. The van der Waals surface area contributed by atoms with Crippen LogP contribution in [-0.4, -0.2) is 28.4 Å². The lowest BCUT2D eigenvalue weighted by atomic mass is 9.49. The summed E-state index contributed by atoms with van der Waals surface area (Å²) in [5.74, 6) is -1.20. The van der Waals surface area contributed by atoms with Gasteiger partial charge in [0, 0.05) is 36.0 Å². The molecule has 0 aromatic rings. The first-order valence-corrected chi connectivity index (χ1v) is 10.6. The Hall–Kier alpha value is -1.91. The second-order valence-corrected chi connectivity index (χ2v) is 10.0. The van der Waals surface area contributed by atoms with E-state index in [-0.39, 0.29) is 34.4 Å². The van der Waals surface area contributed by atoms with Crippen LogP contribution in [0.25, 0.3) is 0 Å². The fourth-order valence-electron chi connectivity index (χ4n) is 7.32. The first-order chi connectivity index (χ1) is 13.2. The molecule has 4 aliphatic carbocycles. The van der Waals surface area contributed by atoms with Gasteiger partial charge in [-0.25, -0.2) is 0 Å². The van der Waals surface area contributed by atoms with Crippen LogP contribution in [0.4, 0.5) is 0 Å². The van der Waals surface area contributed by atoms with E-state index < -0.39 is 17.5 Å². The van der Waals surface area contributed by atoms with Gasteiger partial charge in [0.2, 0.25) is 0 Å². The molecule has 2 saturated carbocycles. The molecule has 0 radical (unpaired) electrons. The third-order valence-corrected chi connectivity index (χ3v) is 8.99. The van der Waals surface area contributed by atoms with E-state index in [1.54, 1.807) is 0 Å². The van der Waals surface area contributed by atoms with Crippen LogP contribution in [0.2, 0.25) is 0 Å². The Labute approximate surface area is 165 Å². The number of hydrogen-bond donors (Lipinski definition) is 1. The maximum atomic E-state index is 12.3. The summed E-state index contributed by atoms with van der Waals surface area (Å²) in [5.41, 5.74) is 1.38. The van der Waals surface area contributed by atoms with Gasteiger partial charge in [-0.3, -0.25) is 14.4 Å². The van der Waals surface area contributed by atoms with Gasteiger partial charge in [0.15, 0.2) is 0 Å². The predicted molar refractivity (Wildman–Crippen MR) is 101 cm³/mol. The summed E-state index contributed by atoms with van der Waals surface area (Å²) in [6.45, 7) is 4.41. The van der Waals surface area contributed by atoms with E-state index in [2.05, 4.69) is 19.9 Å². The number of esters is 1. The Morgan fingerprint density at radius 3 is 2.64 bits per heavy atom. The lowest BCUT2D eigenvalue weighted by Crippen LogP contribution is -2.53. The molecule has 28 heavy (non-hydrogen) atoms. The van der Waals surface area contributed by atoms with Crippen molar-refractivity contribution in [1.29, 1.82) is 0 Å². The quantitative estimate of drug-likeness (QED) is 0.549. The van der Waals surface area contributed by atoms with Gasteiger partial charge >= 0.3 is 11.9 Å². The number of carboxylic acids is 1. The number of hydrogen-bond acceptors (Lipinski definition) is 4. The summed E-state index contributed by atoms with van der Waals surface area (Å²) in [7, 11) is 0. The molecular formula is C23H28O5. The van der Waals surface area contributed by atoms with E-state index >= 15 is 0 Å². The third-order valence-electron chi connectivity index (χ3n) is 8.99. The van der Waals surface area contributed by atoms with Crippen molar-refractivity contribution in [2.45, 2.75) is 70.8 Å². The number of Topliss-reactive ketones (excluding diaryl/α,β-unsaturated/α-hetero) is 1. The number of aliphatic carboxylic acids is 1. The van der Waals surface area contributed by atoms with E-state index in [1.165, 1.54) is 5.57 Å². The molecule has 0 aromatic carbocycles. The minimum atomic E-state index is -0.808. The summed E-state index contributed by atoms with van der Waals surface area (Å²) >= 11 is 0. The first kappa shape index (κ1) is 18.1. The highest BCUT2D eigenvalue weighted by molar-refractivity contribution is 5.84. The zero-order valence-corrected chi connectivity index (χ0v) is 16.6. The number of ketones is 1. The van der Waals surface area contributed by atoms with Crippen molar-refractivity contribution in [3.63, 3.8) is 0 Å². The summed E-state index contributed by atoms with van der Waals surface area (Å²) in [4.78, 5) is 36.3. The van der Waals surface area contributed by atoms with Crippen molar-refractivity contribution in [2.24, 2.45) is 28.6 Å². The molecular weight excluding hydrogens is 356 g/mol. The Bertz CT molecular complexity index is 853. The molecule has 0 bridgehead atoms. The molecule has 2 unspecified atom stereocenters. The van der Waals surface area contributed by atoms with Gasteiger partial charge in [-0.05, 0) is 38.0 Å². The third kappa shape index (κ3) is 2.11. The van der Waals surface area contributed by atoms with E-state index in [9.17, 15) is 19.5 Å². The van der Waals surface area contributed by atoms with Crippen molar-refractivity contribution in [2.75, 3.05) is 0 Å². The van der Waals surface area contributed by atoms with Gasteiger partial charge in [-0.1, -0.05) is 37.1 Å². The lowest BCUT2D eigenvalue weighted by Gasteiger charge is -2.55. The number of ether oxygens (including phenoxy) is 1. The van der Waals surface area contributed by atoms with E-state index in [1.807, 2.05) is 6.08 Å². The Kier molecular flexibility index (Phi) is 3.61. The summed E-state index contributed by atoms with van der Waals surface area (Å²) in [6, 6.07) is 0. The highest BCUT2D eigenvalue weighted by Gasteiger charge is 2.66. The van der Waals surface area contributed by atoms with Crippen LogP contribution in [-0.2, 0) is 19.1 Å². The summed E-state index contributed by atoms with van der Waals surface area (Å²) in [6.07, 6.45) is 9.65. The van der Waals surface area contributed by atoms with Crippen molar-refractivity contribution >= 4 is 17.7 Å². The minimum absolute atomic E-state index is 0.0723. The topological polar surface area (TPSA) is 80.7 Å². The SMILES string of the molecule is C[C@]12CCC(=O)CC1=C[C@@H](C(=O)O)C1C2=CC[C@@]2(C)C1CC[C@@]21CCC(=O)O1. The van der Waals surface area contributed by atoms with Gasteiger partial charge in [0.1, 0.15) is 11.4 Å². The Morgan fingerprint density at radius 2 is 1.96 bits per heavy atom. The van der Waals surface area contributed by atoms with Crippen molar-refractivity contribution in [1.82, 2.24) is 0 Å². The van der Waals surface area contributed by atoms with Crippen LogP contribution in [0.5, 0.6) is 0 Å². The largest absolute Gasteiger partial charge is 0.481 e. The van der Waals surface area contributed by atoms with Gasteiger partial charge in [0.05, 0.1) is 5.92 Å². The molecule has 1 heterocycles.